The molecule has 0 bridgehead atoms. The van der Waals surface area contributed by atoms with Gasteiger partial charge in [0.1, 0.15) is 11.5 Å². The van der Waals surface area contributed by atoms with E-state index in [0.717, 1.165) is 27.9 Å². The number of nitrogens with one attached hydrogen (secondary N) is 1. The van der Waals surface area contributed by atoms with Gasteiger partial charge in [-0.15, -0.1) is 11.3 Å². The molecular weight excluding hydrogens is 294 g/mol. The topological polar surface area (TPSA) is 30.5 Å². The minimum absolute atomic E-state index is 0.249. The lowest BCUT2D eigenvalue weighted by Crippen LogP contribution is -2.17. The molecule has 5 heteroatoms. The third-order valence-corrected chi connectivity index (χ3v) is 4.53. The molecule has 3 nitrogen and oxygen atoms in total. The van der Waals surface area contributed by atoms with Gasteiger partial charge in [0, 0.05) is 29.1 Å². The molecule has 0 radical (unpaired) electrons. The summed E-state index contributed by atoms with van der Waals surface area (Å²) in [6, 6.07) is 10.1. The van der Waals surface area contributed by atoms with Crippen molar-refractivity contribution in [3.8, 4) is 11.5 Å². The van der Waals surface area contributed by atoms with Crippen LogP contribution >= 0.6 is 22.9 Å². The van der Waals surface area contributed by atoms with E-state index in [1.165, 1.54) is 4.88 Å². The fourth-order valence-corrected chi connectivity index (χ4v) is 3.01. The van der Waals surface area contributed by atoms with Crippen molar-refractivity contribution in [2.75, 3.05) is 14.2 Å². The Morgan fingerprint density at radius 2 is 2.00 bits per heavy atom. The lowest BCUT2D eigenvalue weighted by atomic mass is 10.1. The highest BCUT2D eigenvalue weighted by Crippen LogP contribution is 2.28. The maximum absolute atomic E-state index is 5.96. The SMILES string of the molecule is COc1ccc(CNC(C)c2ccc(Cl)s2)c(OC)c1. The van der Waals surface area contributed by atoms with Crippen LogP contribution in [0, 0.1) is 0 Å². The molecule has 1 heterocycles. The van der Waals surface area contributed by atoms with E-state index < -0.39 is 0 Å². The summed E-state index contributed by atoms with van der Waals surface area (Å²) in [7, 11) is 3.32. The Bertz CT molecular complexity index is 571. The van der Waals surface area contributed by atoms with Gasteiger partial charge >= 0.3 is 0 Å². The number of ether oxygens (including phenoxy) is 2. The van der Waals surface area contributed by atoms with Crippen LogP contribution in [0.25, 0.3) is 0 Å². The van der Waals surface area contributed by atoms with Crippen LogP contribution in [-0.2, 0) is 6.54 Å². The van der Waals surface area contributed by atoms with Crippen LogP contribution < -0.4 is 14.8 Å². The zero-order valence-electron chi connectivity index (χ0n) is 11.8. The van der Waals surface area contributed by atoms with Crippen molar-refractivity contribution in [3.63, 3.8) is 0 Å². The number of halogens is 1. The van der Waals surface area contributed by atoms with Gasteiger partial charge in [-0.25, -0.2) is 0 Å². The van der Waals surface area contributed by atoms with E-state index in [1.807, 2.05) is 24.3 Å². The lowest BCUT2D eigenvalue weighted by Gasteiger charge is -2.15. The second kappa shape index (κ2) is 6.97. The van der Waals surface area contributed by atoms with Crippen LogP contribution in [0.15, 0.2) is 30.3 Å². The van der Waals surface area contributed by atoms with Crippen LogP contribution in [0.3, 0.4) is 0 Å². The molecule has 0 aliphatic heterocycles. The molecule has 108 valence electrons. The van der Waals surface area contributed by atoms with Gasteiger partial charge in [0.25, 0.3) is 0 Å². The predicted molar refractivity (Wildman–Crippen MR) is 84.1 cm³/mol. The molecule has 1 aromatic carbocycles. The average Bonchev–Trinajstić information content (AvgIpc) is 2.91. The Hall–Kier alpha value is -1.23. The summed E-state index contributed by atoms with van der Waals surface area (Å²) in [4.78, 5) is 1.22. The van der Waals surface area contributed by atoms with Gasteiger partial charge in [0.2, 0.25) is 0 Å². The molecule has 0 aliphatic carbocycles. The first-order valence-electron chi connectivity index (χ1n) is 6.33. The highest BCUT2D eigenvalue weighted by Gasteiger charge is 2.10. The molecule has 0 saturated heterocycles. The zero-order chi connectivity index (χ0) is 14.5. The highest BCUT2D eigenvalue weighted by atomic mass is 35.5. The fourth-order valence-electron chi connectivity index (χ4n) is 1.92. The smallest absolute Gasteiger partial charge is 0.127 e. The first-order chi connectivity index (χ1) is 9.63. The molecule has 0 amide bonds. The Kier molecular flexibility index (Phi) is 5.29. The third-order valence-electron chi connectivity index (χ3n) is 3.11. The number of benzene rings is 1. The van der Waals surface area contributed by atoms with Crippen molar-refractivity contribution in [1.29, 1.82) is 0 Å². The lowest BCUT2D eigenvalue weighted by molar-refractivity contribution is 0.389. The Labute approximate surface area is 128 Å². The summed E-state index contributed by atoms with van der Waals surface area (Å²) >= 11 is 7.56. The van der Waals surface area contributed by atoms with Gasteiger partial charge in [-0.05, 0) is 25.1 Å². The molecule has 1 N–H and O–H groups in total. The summed E-state index contributed by atoms with van der Waals surface area (Å²) in [5, 5.41) is 3.47. The largest absolute Gasteiger partial charge is 0.497 e. The summed E-state index contributed by atoms with van der Waals surface area (Å²) in [6.07, 6.45) is 0. The van der Waals surface area contributed by atoms with Crippen molar-refractivity contribution < 1.29 is 9.47 Å². The molecule has 1 unspecified atom stereocenters. The Morgan fingerprint density at radius 1 is 1.20 bits per heavy atom. The number of hydrogen-bond donors (Lipinski definition) is 1. The highest BCUT2D eigenvalue weighted by molar-refractivity contribution is 7.16. The summed E-state index contributed by atoms with van der Waals surface area (Å²) in [5.74, 6) is 1.62. The third kappa shape index (κ3) is 3.66. The van der Waals surface area contributed by atoms with E-state index in [-0.39, 0.29) is 6.04 Å². The average molecular weight is 312 g/mol. The van der Waals surface area contributed by atoms with E-state index in [4.69, 9.17) is 21.1 Å². The zero-order valence-corrected chi connectivity index (χ0v) is 13.3. The molecule has 2 rings (SSSR count). The van der Waals surface area contributed by atoms with Crippen LogP contribution in [0.5, 0.6) is 11.5 Å². The molecule has 0 aliphatic rings. The molecule has 1 atom stereocenters. The first kappa shape index (κ1) is 15.2. The van der Waals surface area contributed by atoms with Gasteiger partial charge in [-0.2, -0.15) is 0 Å². The van der Waals surface area contributed by atoms with Gasteiger partial charge < -0.3 is 14.8 Å². The standard InChI is InChI=1S/C15H18ClNO2S/c1-10(14-6-7-15(16)20-14)17-9-11-4-5-12(18-2)8-13(11)19-3/h4-8,10,17H,9H2,1-3H3. The second-order valence-electron chi connectivity index (χ2n) is 4.42. The predicted octanol–water partition coefficient (Wildman–Crippen LogP) is 4.27. The van der Waals surface area contributed by atoms with Crippen molar-refractivity contribution >= 4 is 22.9 Å². The first-order valence-corrected chi connectivity index (χ1v) is 7.53. The maximum atomic E-state index is 5.96. The second-order valence-corrected chi connectivity index (χ2v) is 6.17. The normalized spacial score (nSPS) is 12.2. The molecule has 0 fully saturated rings. The monoisotopic (exact) mass is 311 g/mol. The van der Waals surface area contributed by atoms with E-state index >= 15 is 0 Å². The van der Waals surface area contributed by atoms with Gasteiger partial charge in [-0.1, -0.05) is 17.7 Å². The van der Waals surface area contributed by atoms with Crippen LogP contribution in [-0.4, -0.2) is 14.2 Å². The van der Waals surface area contributed by atoms with Crippen molar-refractivity contribution in [1.82, 2.24) is 5.32 Å². The van der Waals surface area contributed by atoms with Gasteiger partial charge in [0.05, 0.1) is 18.6 Å². The molecule has 0 saturated carbocycles. The van der Waals surface area contributed by atoms with Crippen molar-refractivity contribution in [2.45, 2.75) is 19.5 Å². The molecule has 20 heavy (non-hydrogen) atoms. The van der Waals surface area contributed by atoms with E-state index in [1.54, 1.807) is 25.6 Å². The maximum Gasteiger partial charge on any atom is 0.127 e. The molecular formula is C15H18ClNO2S. The quantitative estimate of drug-likeness (QED) is 0.864. The minimum atomic E-state index is 0.249. The van der Waals surface area contributed by atoms with Gasteiger partial charge in [-0.3, -0.25) is 0 Å². The number of methoxy groups -OCH3 is 2. The number of hydrogen-bond acceptors (Lipinski definition) is 4. The molecule has 0 spiro atoms. The van der Waals surface area contributed by atoms with Crippen LogP contribution in [0.2, 0.25) is 4.34 Å². The minimum Gasteiger partial charge on any atom is -0.497 e. The van der Waals surface area contributed by atoms with Crippen LogP contribution in [0.4, 0.5) is 0 Å². The molecule has 2 aromatic rings. The van der Waals surface area contributed by atoms with E-state index in [9.17, 15) is 0 Å². The van der Waals surface area contributed by atoms with Crippen LogP contribution in [0.1, 0.15) is 23.4 Å². The Balaban J connectivity index is 2.03. The number of thiophene rings is 1. The summed E-state index contributed by atoms with van der Waals surface area (Å²) < 4.78 is 11.4. The van der Waals surface area contributed by atoms with Crippen molar-refractivity contribution in [3.05, 3.63) is 45.1 Å². The van der Waals surface area contributed by atoms with Crippen molar-refractivity contribution in [2.24, 2.45) is 0 Å². The summed E-state index contributed by atoms with van der Waals surface area (Å²) in [5.41, 5.74) is 1.10. The summed E-state index contributed by atoms with van der Waals surface area (Å²) in [6.45, 7) is 2.85. The number of rotatable bonds is 6. The fraction of sp³-hybridized carbons (Fsp3) is 0.333. The molecule has 1 aromatic heterocycles. The Morgan fingerprint density at radius 3 is 2.60 bits per heavy atom. The van der Waals surface area contributed by atoms with E-state index in [0.29, 0.717) is 0 Å². The van der Waals surface area contributed by atoms with Gasteiger partial charge in [0.15, 0.2) is 0 Å². The van der Waals surface area contributed by atoms with E-state index in [2.05, 4.69) is 18.3 Å².